The quantitative estimate of drug-likeness (QED) is 0.0261. The fourth-order valence-corrected chi connectivity index (χ4v) is 8.07. The van der Waals surface area contributed by atoms with E-state index >= 15 is 0 Å². The Labute approximate surface area is 468 Å². The maximum Gasteiger partial charge on any atom is 0.220 e. The van der Waals surface area contributed by atoms with E-state index in [1.807, 2.05) is 6.08 Å². The van der Waals surface area contributed by atoms with E-state index in [0.717, 1.165) is 128 Å². The third-order valence-corrected chi connectivity index (χ3v) is 12.8. The van der Waals surface area contributed by atoms with E-state index in [9.17, 15) is 30.3 Å². The van der Waals surface area contributed by atoms with Crippen LogP contribution in [0.1, 0.15) is 194 Å². The van der Waals surface area contributed by atoms with Gasteiger partial charge in [0.05, 0.1) is 25.4 Å². The number of aliphatic hydroxyl groups is 5. The fraction of sp³-hybridized carbons (Fsp3) is 0.574. The van der Waals surface area contributed by atoms with Gasteiger partial charge >= 0.3 is 0 Å². The number of aliphatic hydroxyl groups excluding tert-OH is 5. The van der Waals surface area contributed by atoms with Gasteiger partial charge in [0, 0.05) is 6.42 Å². The van der Waals surface area contributed by atoms with Crippen LogP contribution in [0.15, 0.2) is 170 Å². The van der Waals surface area contributed by atoms with Gasteiger partial charge in [0.15, 0.2) is 6.29 Å². The molecule has 9 nitrogen and oxygen atoms in total. The summed E-state index contributed by atoms with van der Waals surface area (Å²) in [6.07, 6.45) is 81.3. The molecule has 432 valence electrons. The van der Waals surface area contributed by atoms with Crippen LogP contribution >= 0.6 is 0 Å². The normalized spacial score (nSPS) is 20.0. The number of allylic oxidation sites excluding steroid dienone is 27. The topological polar surface area (TPSA) is 149 Å². The van der Waals surface area contributed by atoms with Gasteiger partial charge in [-0.2, -0.15) is 0 Å². The molecule has 0 aromatic heterocycles. The second-order valence-corrected chi connectivity index (χ2v) is 19.7. The molecule has 77 heavy (non-hydrogen) atoms. The molecular weight excluding hydrogens is 959 g/mol. The van der Waals surface area contributed by atoms with Gasteiger partial charge in [-0.3, -0.25) is 4.79 Å². The highest BCUT2D eigenvalue weighted by molar-refractivity contribution is 5.76. The number of amides is 1. The summed E-state index contributed by atoms with van der Waals surface area (Å²) in [6, 6.07) is -0.852. The first kappa shape index (κ1) is 70.6. The third-order valence-electron chi connectivity index (χ3n) is 12.8. The minimum Gasteiger partial charge on any atom is -0.394 e. The molecule has 1 saturated heterocycles. The predicted octanol–water partition coefficient (Wildman–Crippen LogP) is 15.4. The first-order valence-electron chi connectivity index (χ1n) is 29.9. The lowest BCUT2D eigenvalue weighted by atomic mass is 9.99. The Kier molecular flexibility index (Phi) is 50.3. The van der Waals surface area contributed by atoms with E-state index in [-0.39, 0.29) is 12.5 Å². The maximum atomic E-state index is 13.0. The van der Waals surface area contributed by atoms with E-state index in [2.05, 4.69) is 177 Å². The van der Waals surface area contributed by atoms with Gasteiger partial charge in [-0.25, -0.2) is 0 Å². The van der Waals surface area contributed by atoms with Gasteiger partial charge in [-0.1, -0.05) is 229 Å². The Morgan fingerprint density at radius 2 is 0.818 bits per heavy atom. The smallest absolute Gasteiger partial charge is 0.220 e. The Bertz CT molecular complexity index is 1810. The molecule has 1 aliphatic rings. The number of rotatable bonds is 48. The molecular formula is C68H107NO8. The van der Waals surface area contributed by atoms with Crippen LogP contribution in [0.25, 0.3) is 0 Å². The average molecular weight is 1070 g/mol. The standard InChI is InChI=1S/C68H107NO8/c1-3-5-7-9-11-13-15-17-19-20-21-22-23-24-25-26-27-28-29-30-31-32-33-34-35-36-37-38-39-40-41-42-44-46-48-50-52-54-56-58-64(72)69-61(60-76-68-67(75)66(74)65(73)63(59-70)77-68)62(71)57-55-53-51-49-47-45-43-18-16-14-12-10-8-6-4-2/h5,7,11,13,16-19,21-22,24-25,27-28,30-31,33-34,36-37,39-40,42,44,47,49,55,57,61-63,65-68,70-71,73-75H,3-4,6,8-10,12,14-15,20,23,26,29,32,35,38,41,43,45-46,48,50-54,56,58-60H2,1-2H3,(H,69,72)/b7-5-,13-11-,18-16+,19-17-,22-21-,25-24-,28-27-,31-30-,34-33-,37-36-,40-39-,44-42-,49-47+,57-55+. The maximum absolute atomic E-state index is 13.0. The SMILES string of the molecule is CC/C=C\C/C=C\C/C=C\C/C=C\C/C=C\C/C=C\C/C=C\C/C=C\C/C=C\C/C=C\C/C=C\CCCCCCCC(=O)NC(COC1OC(CO)C(O)C(O)C1O)C(O)/C=C/CC/C=C/CC/C=C/CCCCCCC. The molecule has 7 unspecified atom stereocenters. The minimum absolute atomic E-state index is 0.219. The van der Waals surface area contributed by atoms with Gasteiger partial charge in [-0.15, -0.1) is 0 Å². The van der Waals surface area contributed by atoms with Crippen LogP contribution in [0, 0.1) is 0 Å². The summed E-state index contributed by atoms with van der Waals surface area (Å²) >= 11 is 0. The summed E-state index contributed by atoms with van der Waals surface area (Å²) in [6.45, 7) is 3.59. The number of nitrogens with one attached hydrogen (secondary N) is 1. The molecule has 1 heterocycles. The fourth-order valence-electron chi connectivity index (χ4n) is 8.07. The Morgan fingerprint density at radius 1 is 0.455 bits per heavy atom. The van der Waals surface area contributed by atoms with Crippen molar-refractivity contribution < 1.29 is 39.8 Å². The molecule has 1 amide bonds. The lowest BCUT2D eigenvalue weighted by Crippen LogP contribution is -2.60. The lowest BCUT2D eigenvalue weighted by Gasteiger charge is -2.40. The van der Waals surface area contributed by atoms with Crippen molar-refractivity contribution in [2.45, 2.75) is 236 Å². The number of hydrogen-bond donors (Lipinski definition) is 6. The van der Waals surface area contributed by atoms with E-state index in [1.54, 1.807) is 6.08 Å². The summed E-state index contributed by atoms with van der Waals surface area (Å²) in [4.78, 5) is 13.0. The van der Waals surface area contributed by atoms with Gasteiger partial charge in [0.25, 0.3) is 0 Å². The van der Waals surface area contributed by atoms with Crippen molar-refractivity contribution in [3.63, 3.8) is 0 Å². The molecule has 0 bridgehead atoms. The first-order valence-corrected chi connectivity index (χ1v) is 29.9. The van der Waals surface area contributed by atoms with Gasteiger partial charge in [-0.05, 0) is 128 Å². The zero-order valence-electron chi connectivity index (χ0n) is 47.9. The van der Waals surface area contributed by atoms with Crippen LogP contribution in [0.4, 0.5) is 0 Å². The number of ether oxygens (including phenoxy) is 2. The zero-order chi connectivity index (χ0) is 55.8. The highest BCUT2D eigenvalue weighted by Crippen LogP contribution is 2.22. The number of hydrogen-bond acceptors (Lipinski definition) is 8. The van der Waals surface area contributed by atoms with E-state index in [4.69, 9.17) is 9.47 Å². The molecule has 1 fully saturated rings. The Morgan fingerprint density at radius 3 is 1.25 bits per heavy atom. The lowest BCUT2D eigenvalue weighted by molar-refractivity contribution is -0.302. The van der Waals surface area contributed by atoms with Crippen LogP contribution in [0.3, 0.4) is 0 Å². The molecule has 7 atom stereocenters. The van der Waals surface area contributed by atoms with Crippen molar-refractivity contribution in [2.75, 3.05) is 13.2 Å². The van der Waals surface area contributed by atoms with Crippen LogP contribution in [0.5, 0.6) is 0 Å². The predicted molar refractivity (Wildman–Crippen MR) is 326 cm³/mol. The van der Waals surface area contributed by atoms with E-state index in [0.29, 0.717) is 19.3 Å². The molecule has 0 radical (unpaired) electrons. The van der Waals surface area contributed by atoms with Gasteiger partial charge in [0.1, 0.15) is 24.4 Å². The Hall–Kier alpha value is -4.45. The van der Waals surface area contributed by atoms with Crippen molar-refractivity contribution in [1.82, 2.24) is 5.32 Å². The second-order valence-electron chi connectivity index (χ2n) is 19.7. The number of carbonyl (C=O) groups excluding carboxylic acids is 1. The summed E-state index contributed by atoms with van der Waals surface area (Å²) in [5.74, 6) is -0.219. The average Bonchev–Trinajstić information content (AvgIpc) is 3.43. The highest BCUT2D eigenvalue weighted by atomic mass is 16.7. The largest absolute Gasteiger partial charge is 0.394 e. The van der Waals surface area contributed by atoms with Crippen molar-refractivity contribution in [2.24, 2.45) is 0 Å². The summed E-state index contributed by atoms with van der Waals surface area (Å²) < 4.78 is 11.2. The zero-order valence-corrected chi connectivity index (χ0v) is 47.9. The molecule has 0 aliphatic carbocycles. The summed E-state index contributed by atoms with van der Waals surface area (Å²) in [7, 11) is 0. The molecule has 1 aliphatic heterocycles. The monoisotopic (exact) mass is 1070 g/mol. The van der Waals surface area contributed by atoms with Crippen LogP contribution in [-0.4, -0.2) is 87.5 Å². The second kappa shape index (κ2) is 54.9. The Balaban J connectivity index is 2.23. The van der Waals surface area contributed by atoms with Crippen molar-refractivity contribution in [1.29, 1.82) is 0 Å². The number of carbonyl (C=O) groups is 1. The highest BCUT2D eigenvalue weighted by Gasteiger charge is 2.44. The van der Waals surface area contributed by atoms with Gasteiger partial charge < -0.3 is 40.3 Å². The third kappa shape index (κ3) is 44.1. The van der Waals surface area contributed by atoms with Crippen LogP contribution < -0.4 is 5.32 Å². The number of unbranched alkanes of at least 4 members (excludes halogenated alkanes) is 12. The van der Waals surface area contributed by atoms with Crippen molar-refractivity contribution >= 4 is 5.91 Å². The summed E-state index contributed by atoms with van der Waals surface area (Å²) in [5.41, 5.74) is 0. The van der Waals surface area contributed by atoms with Crippen molar-refractivity contribution in [3.8, 4) is 0 Å². The molecule has 0 aromatic rings. The summed E-state index contributed by atoms with van der Waals surface area (Å²) in [5, 5.41) is 54.4. The first-order chi connectivity index (χ1) is 37.8. The van der Waals surface area contributed by atoms with E-state index in [1.165, 1.54) is 32.1 Å². The molecule has 0 spiro atoms. The molecule has 9 heteroatoms. The molecule has 6 N–H and O–H groups in total. The van der Waals surface area contributed by atoms with Gasteiger partial charge in [0.2, 0.25) is 5.91 Å². The van der Waals surface area contributed by atoms with Crippen molar-refractivity contribution in [3.05, 3.63) is 170 Å². The molecule has 0 saturated carbocycles. The van der Waals surface area contributed by atoms with Crippen LogP contribution in [-0.2, 0) is 14.3 Å². The van der Waals surface area contributed by atoms with Crippen LogP contribution in [0.2, 0.25) is 0 Å². The molecule has 0 aromatic carbocycles. The molecule has 1 rings (SSSR count). The minimum atomic E-state index is -1.59. The van der Waals surface area contributed by atoms with E-state index < -0.39 is 49.5 Å².